The number of hydrogen-bond donors (Lipinski definition) is 3. The molecule has 31 heavy (non-hydrogen) atoms. The Hall–Kier alpha value is -0.650. The number of carbonyl (C=O) groups is 1. The number of carbonyl (C=O) groups excluding carboxylic acids is 1. The van der Waals surface area contributed by atoms with Gasteiger partial charge in [0.1, 0.15) is 0 Å². The standard InChI is InChI=1S/C26H50O5/c1-4-6-8-9-10-14-17-22(27)25-21(23(28)19-24(25)29)16-13-11-12-15-20(3)26(30)31-18-7-5-2/h20-25,27-29H,4-19H2,1-3H3/t20?,21-,22?,23?,24?,25+/m0/s1. The van der Waals surface area contributed by atoms with Gasteiger partial charge in [-0.3, -0.25) is 4.79 Å². The molecule has 5 nitrogen and oxygen atoms in total. The van der Waals surface area contributed by atoms with Gasteiger partial charge < -0.3 is 20.1 Å². The van der Waals surface area contributed by atoms with Crippen LogP contribution in [0.25, 0.3) is 0 Å². The molecule has 6 atom stereocenters. The topological polar surface area (TPSA) is 87.0 Å². The number of aliphatic hydroxyl groups excluding tert-OH is 3. The molecule has 0 amide bonds. The van der Waals surface area contributed by atoms with Gasteiger partial charge in [-0.15, -0.1) is 0 Å². The van der Waals surface area contributed by atoms with Crippen LogP contribution in [0.5, 0.6) is 0 Å². The molecule has 5 heteroatoms. The Morgan fingerprint density at radius 3 is 2.19 bits per heavy atom. The van der Waals surface area contributed by atoms with Crippen LogP contribution in [-0.4, -0.2) is 46.2 Å². The smallest absolute Gasteiger partial charge is 0.308 e. The lowest BCUT2D eigenvalue weighted by atomic mass is 9.83. The van der Waals surface area contributed by atoms with Gasteiger partial charge in [-0.2, -0.15) is 0 Å². The summed E-state index contributed by atoms with van der Waals surface area (Å²) in [5.74, 6) is -0.400. The van der Waals surface area contributed by atoms with Gasteiger partial charge in [0.05, 0.1) is 30.8 Å². The maximum Gasteiger partial charge on any atom is 0.308 e. The summed E-state index contributed by atoms with van der Waals surface area (Å²) in [5.41, 5.74) is 0. The monoisotopic (exact) mass is 442 g/mol. The molecule has 0 spiro atoms. The first-order chi connectivity index (χ1) is 14.9. The zero-order chi connectivity index (χ0) is 23.1. The van der Waals surface area contributed by atoms with Crippen molar-refractivity contribution in [2.24, 2.45) is 17.8 Å². The van der Waals surface area contributed by atoms with Crippen LogP contribution in [0.3, 0.4) is 0 Å². The zero-order valence-electron chi connectivity index (χ0n) is 20.4. The van der Waals surface area contributed by atoms with E-state index in [1.807, 2.05) is 6.92 Å². The Bertz CT molecular complexity index is 455. The van der Waals surface area contributed by atoms with Gasteiger partial charge in [0.15, 0.2) is 0 Å². The summed E-state index contributed by atoms with van der Waals surface area (Å²) >= 11 is 0. The minimum Gasteiger partial charge on any atom is -0.465 e. The Kier molecular flexibility index (Phi) is 15.5. The second-order valence-electron chi connectivity index (χ2n) is 9.80. The van der Waals surface area contributed by atoms with Crippen molar-refractivity contribution in [3.63, 3.8) is 0 Å². The molecule has 1 aliphatic carbocycles. The van der Waals surface area contributed by atoms with Gasteiger partial charge in [0.2, 0.25) is 0 Å². The zero-order valence-corrected chi connectivity index (χ0v) is 20.4. The molecule has 0 aliphatic heterocycles. The van der Waals surface area contributed by atoms with Gasteiger partial charge in [0, 0.05) is 5.92 Å². The Labute approximate surface area is 191 Å². The van der Waals surface area contributed by atoms with E-state index in [1.165, 1.54) is 25.7 Å². The third-order valence-electron chi connectivity index (χ3n) is 7.03. The van der Waals surface area contributed by atoms with E-state index in [9.17, 15) is 20.1 Å². The first-order valence-corrected chi connectivity index (χ1v) is 13.1. The fourth-order valence-corrected chi connectivity index (χ4v) is 4.96. The van der Waals surface area contributed by atoms with Crippen LogP contribution in [0.4, 0.5) is 0 Å². The quantitative estimate of drug-likeness (QED) is 0.196. The maximum absolute atomic E-state index is 11.9. The van der Waals surface area contributed by atoms with Crippen LogP contribution < -0.4 is 0 Å². The number of ether oxygens (including phenoxy) is 1. The molecule has 0 aromatic heterocycles. The molecule has 0 saturated heterocycles. The highest BCUT2D eigenvalue weighted by Gasteiger charge is 2.44. The highest BCUT2D eigenvalue weighted by Crippen LogP contribution is 2.39. The average molecular weight is 443 g/mol. The van der Waals surface area contributed by atoms with Gasteiger partial charge >= 0.3 is 5.97 Å². The first kappa shape index (κ1) is 28.4. The molecule has 0 aromatic carbocycles. The van der Waals surface area contributed by atoms with Crippen LogP contribution in [0.15, 0.2) is 0 Å². The highest BCUT2D eigenvalue weighted by atomic mass is 16.5. The second-order valence-corrected chi connectivity index (χ2v) is 9.80. The summed E-state index contributed by atoms with van der Waals surface area (Å²) in [6, 6.07) is 0. The number of hydrogen-bond acceptors (Lipinski definition) is 5. The normalized spacial score (nSPS) is 25.5. The van der Waals surface area contributed by atoms with Crippen LogP contribution in [-0.2, 0) is 9.53 Å². The summed E-state index contributed by atoms with van der Waals surface area (Å²) in [4.78, 5) is 11.9. The molecule has 3 N–H and O–H groups in total. The molecular weight excluding hydrogens is 392 g/mol. The summed E-state index contributed by atoms with van der Waals surface area (Å²) in [6.07, 6.45) is 13.0. The molecule has 184 valence electrons. The molecular formula is C26H50O5. The summed E-state index contributed by atoms with van der Waals surface area (Å²) < 4.78 is 5.28. The van der Waals surface area contributed by atoms with E-state index in [2.05, 4.69) is 13.8 Å². The van der Waals surface area contributed by atoms with Crippen molar-refractivity contribution >= 4 is 5.97 Å². The first-order valence-electron chi connectivity index (χ1n) is 13.1. The molecule has 0 radical (unpaired) electrons. The minimum atomic E-state index is -0.604. The van der Waals surface area contributed by atoms with Crippen LogP contribution in [0.2, 0.25) is 0 Å². The van der Waals surface area contributed by atoms with Crippen molar-refractivity contribution in [1.29, 1.82) is 0 Å². The van der Waals surface area contributed by atoms with E-state index in [0.29, 0.717) is 19.4 Å². The van der Waals surface area contributed by atoms with E-state index in [1.54, 1.807) is 0 Å². The van der Waals surface area contributed by atoms with Crippen molar-refractivity contribution in [1.82, 2.24) is 0 Å². The molecule has 1 rings (SSSR count). The number of esters is 1. The van der Waals surface area contributed by atoms with Crippen LogP contribution in [0.1, 0.15) is 117 Å². The summed E-state index contributed by atoms with van der Waals surface area (Å²) in [5, 5.41) is 31.6. The molecule has 4 unspecified atom stereocenters. The van der Waals surface area contributed by atoms with Gasteiger partial charge in [-0.05, 0) is 38.0 Å². The van der Waals surface area contributed by atoms with Crippen molar-refractivity contribution in [2.45, 2.75) is 135 Å². The number of aliphatic hydroxyl groups is 3. The predicted octanol–water partition coefficient (Wildman–Crippen LogP) is 5.39. The van der Waals surface area contributed by atoms with Crippen molar-refractivity contribution in [2.75, 3.05) is 6.61 Å². The number of rotatable bonds is 18. The van der Waals surface area contributed by atoms with Crippen molar-refractivity contribution in [3.8, 4) is 0 Å². The predicted molar refractivity (Wildman–Crippen MR) is 126 cm³/mol. The summed E-state index contributed by atoms with van der Waals surface area (Å²) in [6.45, 7) is 6.74. The van der Waals surface area contributed by atoms with E-state index >= 15 is 0 Å². The van der Waals surface area contributed by atoms with Gasteiger partial charge in [-0.1, -0.05) is 85.0 Å². The lowest BCUT2D eigenvalue weighted by molar-refractivity contribution is -0.148. The van der Waals surface area contributed by atoms with E-state index in [0.717, 1.165) is 57.8 Å². The van der Waals surface area contributed by atoms with E-state index in [-0.39, 0.29) is 23.7 Å². The highest BCUT2D eigenvalue weighted by molar-refractivity contribution is 5.71. The van der Waals surface area contributed by atoms with Crippen LogP contribution >= 0.6 is 0 Å². The number of unbranched alkanes of at least 4 members (excludes halogenated alkanes) is 8. The SMILES string of the molecule is CCCCCCCCC(O)[C@@H]1C(O)CC(O)[C@@H]1CCCCCC(C)C(=O)OCCCC. The van der Waals surface area contributed by atoms with Crippen LogP contribution in [0, 0.1) is 17.8 Å². The van der Waals surface area contributed by atoms with Crippen molar-refractivity contribution < 1.29 is 24.9 Å². The Morgan fingerprint density at radius 2 is 1.48 bits per heavy atom. The largest absolute Gasteiger partial charge is 0.465 e. The third-order valence-corrected chi connectivity index (χ3v) is 7.03. The van der Waals surface area contributed by atoms with E-state index < -0.39 is 18.3 Å². The van der Waals surface area contributed by atoms with E-state index in [4.69, 9.17) is 4.74 Å². The van der Waals surface area contributed by atoms with Crippen molar-refractivity contribution in [3.05, 3.63) is 0 Å². The molecule has 0 bridgehead atoms. The van der Waals surface area contributed by atoms with Gasteiger partial charge in [-0.25, -0.2) is 0 Å². The minimum absolute atomic E-state index is 0.0264. The molecule has 1 aliphatic rings. The Morgan fingerprint density at radius 1 is 0.871 bits per heavy atom. The third kappa shape index (κ3) is 11.2. The Balaban J connectivity index is 2.28. The second kappa shape index (κ2) is 16.9. The molecule has 1 fully saturated rings. The average Bonchev–Trinajstić information content (AvgIpc) is 3.03. The lowest BCUT2D eigenvalue weighted by Gasteiger charge is -2.28. The van der Waals surface area contributed by atoms with Gasteiger partial charge in [0.25, 0.3) is 0 Å². The summed E-state index contributed by atoms with van der Waals surface area (Å²) in [7, 11) is 0. The lowest BCUT2D eigenvalue weighted by Crippen LogP contribution is -2.33. The molecule has 0 heterocycles. The maximum atomic E-state index is 11.9. The molecule has 0 aromatic rings. The molecule has 1 saturated carbocycles. The fraction of sp³-hybridized carbons (Fsp3) is 0.962. The fourth-order valence-electron chi connectivity index (χ4n) is 4.96.